The van der Waals surface area contributed by atoms with E-state index in [1.54, 1.807) is 28.7 Å². The number of hydrogen-bond acceptors (Lipinski definition) is 8. The summed E-state index contributed by atoms with van der Waals surface area (Å²) in [5.41, 5.74) is 3.66. The number of likely N-dealkylation sites (tertiary alicyclic amines) is 1. The first-order chi connectivity index (χ1) is 23.9. The summed E-state index contributed by atoms with van der Waals surface area (Å²) in [5, 5.41) is 11.2. The Balaban J connectivity index is 1.05. The number of amides is 2. The highest BCUT2D eigenvalue weighted by molar-refractivity contribution is 7.13. The van der Waals surface area contributed by atoms with Crippen molar-refractivity contribution in [2.45, 2.75) is 51.6 Å². The van der Waals surface area contributed by atoms with Crippen molar-refractivity contribution < 1.29 is 18.7 Å². The molecule has 4 atom stereocenters. The lowest BCUT2D eigenvalue weighted by molar-refractivity contribution is -0.118. The van der Waals surface area contributed by atoms with Gasteiger partial charge in [0, 0.05) is 84.5 Å². The van der Waals surface area contributed by atoms with E-state index in [0.717, 1.165) is 24.3 Å². The smallest absolute Gasteiger partial charge is 0.410 e. The number of carbonyl (C=O) groups is 2. The molecular formula is C35H35Cl2FN8O3S. The minimum absolute atomic E-state index is 0.155. The normalized spacial score (nSPS) is 20.7. The highest BCUT2D eigenvalue weighted by atomic mass is 35.5. The average molecular weight is 738 g/mol. The molecule has 2 fully saturated rings. The van der Waals surface area contributed by atoms with Gasteiger partial charge in [-0.25, -0.2) is 19.2 Å². The van der Waals surface area contributed by atoms with Gasteiger partial charge in [0.05, 0.1) is 28.6 Å². The number of halogens is 3. The second-order valence-corrected chi connectivity index (χ2v) is 15.9. The van der Waals surface area contributed by atoms with Crippen LogP contribution in [-0.2, 0) is 22.5 Å². The number of ether oxygens (including phenoxy) is 1. The van der Waals surface area contributed by atoms with Crippen LogP contribution in [0.5, 0.6) is 0 Å². The van der Waals surface area contributed by atoms with Gasteiger partial charge in [-0.05, 0) is 44.5 Å². The molecule has 0 spiro atoms. The lowest BCUT2D eigenvalue weighted by Gasteiger charge is -2.26. The Labute approximate surface area is 301 Å². The van der Waals surface area contributed by atoms with Crippen LogP contribution in [0, 0.1) is 11.8 Å². The Kier molecular flexibility index (Phi) is 8.27. The van der Waals surface area contributed by atoms with Crippen molar-refractivity contribution >= 4 is 68.3 Å². The zero-order valence-corrected chi connectivity index (χ0v) is 30.0. The fourth-order valence-corrected chi connectivity index (χ4v) is 8.43. The molecule has 8 rings (SSSR count). The van der Waals surface area contributed by atoms with E-state index in [1.807, 2.05) is 43.9 Å². The monoisotopic (exact) mass is 736 g/mol. The molecule has 0 aliphatic carbocycles. The molecule has 0 bridgehead atoms. The molecule has 11 nitrogen and oxygen atoms in total. The molecule has 0 saturated carbocycles. The third-order valence-electron chi connectivity index (χ3n) is 9.61. The predicted molar refractivity (Wildman–Crippen MR) is 192 cm³/mol. The first-order valence-corrected chi connectivity index (χ1v) is 18.1. The molecule has 15 heteroatoms. The molecule has 1 N–H and O–H groups in total. The Morgan fingerprint density at radius 2 is 1.80 bits per heavy atom. The number of anilines is 2. The van der Waals surface area contributed by atoms with Gasteiger partial charge >= 0.3 is 6.09 Å². The molecule has 2 saturated heterocycles. The summed E-state index contributed by atoms with van der Waals surface area (Å²) in [6.45, 7) is 8.97. The molecular weight excluding hydrogens is 702 g/mol. The highest BCUT2D eigenvalue weighted by Crippen LogP contribution is 2.41. The van der Waals surface area contributed by atoms with E-state index < -0.39 is 23.7 Å². The Hall–Kier alpha value is -4.20. The number of aromatic nitrogens is 5. The number of benzene rings is 2. The van der Waals surface area contributed by atoms with Crippen molar-refractivity contribution in [3.63, 3.8) is 0 Å². The third-order valence-corrected chi connectivity index (χ3v) is 11.0. The highest BCUT2D eigenvalue weighted by Gasteiger charge is 2.43. The van der Waals surface area contributed by atoms with Gasteiger partial charge in [-0.1, -0.05) is 35.3 Å². The Bertz CT molecular complexity index is 2080. The van der Waals surface area contributed by atoms with Gasteiger partial charge in [0.2, 0.25) is 0 Å². The average Bonchev–Trinajstić information content (AvgIpc) is 3.89. The van der Waals surface area contributed by atoms with E-state index in [2.05, 4.69) is 32.3 Å². The van der Waals surface area contributed by atoms with Crippen LogP contribution in [0.4, 0.5) is 20.0 Å². The van der Waals surface area contributed by atoms with Gasteiger partial charge in [-0.3, -0.25) is 14.8 Å². The quantitative estimate of drug-likeness (QED) is 0.198. The number of fused-ring (bicyclic) bond motifs is 3. The fraction of sp³-hybridized carbons (Fsp3) is 0.400. The molecule has 3 aliphatic heterocycles. The molecule has 3 aromatic heterocycles. The first kappa shape index (κ1) is 33.0. The zero-order valence-electron chi connectivity index (χ0n) is 27.6. The van der Waals surface area contributed by atoms with Gasteiger partial charge in [0.1, 0.15) is 17.3 Å². The van der Waals surface area contributed by atoms with Crippen molar-refractivity contribution in [3.8, 4) is 11.1 Å². The van der Waals surface area contributed by atoms with E-state index in [1.165, 1.54) is 16.0 Å². The Morgan fingerprint density at radius 1 is 1.06 bits per heavy atom. The minimum Gasteiger partial charge on any atom is -0.444 e. The predicted octanol–water partition coefficient (Wildman–Crippen LogP) is 7.09. The number of alkyl halides is 1. The molecule has 5 aromatic rings. The van der Waals surface area contributed by atoms with Crippen molar-refractivity contribution in [2.24, 2.45) is 11.8 Å². The van der Waals surface area contributed by atoms with E-state index in [9.17, 15) is 14.0 Å². The number of nitrogens with one attached hydrogen (secondary N) is 1. The maximum atomic E-state index is 14.4. The second-order valence-electron chi connectivity index (χ2n) is 14.2. The van der Waals surface area contributed by atoms with Crippen LogP contribution >= 0.6 is 34.5 Å². The van der Waals surface area contributed by atoms with Crippen LogP contribution in [-0.4, -0.2) is 79.2 Å². The number of imidazole rings is 1. The van der Waals surface area contributed by atoms with E-state index in [0.29, 0.717) is 68.0 Å². The number of rotatable bonds is 6. The summed E-state index contributed by atoms with van der Waals surface area (Å²) in [6, 6.07) is 8.98. The van der Waals surface area contributed by atoms with Crippen LogP contribution in [0.3, 0.4) is 0 Å². The van der Waals surface area contributed by atoms with Gasteiger partial charge < -0.3 is 19.1 Å². The van der Waals surface area contributed by atoms with Crippen molar-refractivity contribution in [3.05, 3.63) is 75.9 Å². The molecule has 50 heavy (non-hydrogen) atoms. The molecule has 3 aliphatic rings. The first-order valence-electron chi connectivity index (χ1n) is 16.5. The molecule has 260 valence electrons. The Morgan fingerprint density at radius 3 is 2.48 bits per heavy atom. The van der Waals surface area contributed by atoms with E-state index in [-0.39, 0.29) is 19.1 Å². The van der Waals surface area contributed by atoms with Crippen molar-refractivity contribution in [1.29, 1.82) is 0 Å². The van der Waals surface area contributed by atoms with Gasteiger partial charge in [-0.2, -0.15) is 5.10 Å². The van der Waals surface area contributed by atoms with E-state index >= 15 is 0 Å². The maximum absolute atomic E-state index is 14.4. The van der Waals surface area contributed by atoms with Gasteiger partial charge in [-0.15, -0.1) is 11.3 Å². The lowest BCUT2D eigenvalue weighted by atomic mass is 10.0. The topological polar surface area (TPSA) is 110 Å². The lowest BCUT2D eigenvalue weighted by Crippen LogP contribution is -2.37. The zero-order chi connectivity index (χ0) is 34.9. The molecule has 6 heterocycles. The number of carbonyl (C=O) groups excluding carboxylic acids is 2. The van der Waals surface area contributed by atoms with Crippen LogP contribution in [0.15, 0.2) is 54.4 Å². The molecule has 0 radical (unpaired) electrons. The van der Waals surface area contributed by atoms with Gasteiger partial charge in [0.15, 0.2) is 11.2 Å². The summed E-state index contributed by atoms with van der Waals surface area (Å²) in [6.07, 6.45) is 3.71. The number of hydrogen-bond donors (Lipinski definition) is 1. The second kappa shape index (κ2) is 12.5. The van der Waals surface area contributed by atoms with Crippen molar-refractivity contribution in [1.82, 2.24) is 29.2 Å². The largest absolute Gasteiger partial charge is 0.444 e. The van der Waals surface area contributed by atoms with Crippen LogP contribution < -0.4 is 10.2 Å². The van der Waals surface area contributed by atoms with Crippen LogP contribution in [0.1, 0.15) is 38.2 Å². The van der Waals surface area contributed by atoms with Crippen molar-refractivity contribution in [2.75, 3.05) is 36.4 Å². The van der Waals surface area contributed by atoms with Crippen LogP contribution in [0.25, 0.3) is 22.0 Å². The molecule has 1 unspecified atom stereocenters. The summed E-state index contributed by atoms with van der Waals surface area (Å²) in [7, 11) is 0. The van der Waals surface area contributed by atoms with Crippen LogP contribution in [0.2, 0.25) is 10.0 Å². The minimum atomic E-state index is -1.05. The van der Waals surface area contributed by atoms with E-state index in [4.69, 9.17) is 33.0 Å². The summed E-state index contributed by atoms with van der Waals surface area (Å²) < 4.78 is 23.2. The fourth-order valence-electron chi connectivity index (χ4n) is 7.34. The van der Waals surface area contributed by atoms with Gasteiger partial charge in [0.25, 0.3) is 5.91 Å². The summed E-state index contributed by atoms with van der Waals surface area (Å²) >= 11 is 15.2. The standard InChI is InChI=1S/C35H35Cl2FN8O3S/c1-35(2,3)49-34(48)44-14-20-12-43(13-21(20)15-44)23-6-4-19(5-7-23)24-11-26(36)25-17-46(42-29(25)28(24)37)31(32(47)41-33-39-8-9-50-33)30-27-10-22(38)16-45(27)18-40-30/h4-9,11,17-18,20-22,31H,10,12-16H2,1-3H3,(H,39,41,47)/t20-,21+,22-,31?/m1/s1. The maximum Gasteiger partial charge on any atom is 0.410 e. The summed E-state index contributed by atoms with van der Waals surface area (Å²) in [4.78, 5) is 39.3. The number of thiazole rings is 1. The third kappa shape index (κ3) is 6.09. The SMILES string of the molecule is CC(C)(C)OC(=O)N1C[C@@H]2CN(c3ccc(-c4cc(Cl)c5cn(C(C(=O)Nc6nccs6)c6ncn7c6C[C@@H](F)C7)nc5c4Cl)cc3)C[C@@H]2C1. The summed E-state index contributed by atoms with van der Waals surface area (Å²) in [5.74, 6) is 0.368. The molecule has 2 amide bonds. The number of nitrogens with zero attached hydrogens (tertiary/aromatic N) is 7. The molecule has 2 aromatic carbocycles.